The van der Waals surface area contributed by atoms with E-state index < -0.39 is 0 Å². The number of hydrogen-bond donors (Lipinski definition) is 2. The summed E-state index contributed by atoms with van der Waals surface area (Å²) in [6.45, 7) is 9.17. The van der Waals surface area contributed by atoms with Crippen LogP contribution in [0.4, 0.5) is 0 Å². The average molecular weight is 201 g/mol. The van der Waals surface area contributed by atoms with Gasteiger partial charge in [-0.05, 0) is 24.8 Å². The van der Waals surface area contributed by atoms with Crippen molar-refractivity contribution in [3.63, 3.8) is 0 Å². The summed E-state index contributed by atoms with van der Waals surface area (Å²) in [5.41, 5.74) is 0.407. The quantitative estimate of drug-likeness (QED) is 0.562. The van der Waals surface area contributed by atoms with Crippen LogP contribution in [-0.4, -0.2) is 24.8 Å². The molecule has 0 aromatic rings. The summed E-state index contributed by atoms with van der Waals surface area (Å²) in [5.74, 6) is 0. The molecule has 0 aromatic carbocycles. The molecular formula is C12H27NO. The van der Waals surface area contributed by atoms with Gasteiger partial charge in [0.2, 0.25) is 0 Å². The van der Waals surface area contributed by atoms with E-state index >= 15 is 0 Å². The van der Waals surface area contributed by atoms with Gasteiger partial charge in [-0.25, -0.2) is 0 Å². The van der Waals surface area contributed by atoms with Crippen molar-refractivity contribution in [3.05, 3.63) is 0 Å². The highest BCUT2D eigenvalue weighted by Gasteiger charge is 2.15. The Hall–Kier alpha value is -0.0800. The Balaban J connectivity index is 3.40. The number of unbranched alkanes of at least 4 members (excludes halogenated alkanes) is 2. The summed E-state index contributed by atoms with van der Waals surface area (Å²) in [4.78, 5) is 0. The smallest absolute Gasteiger partial charge is 0.0443 e. The molecule has 0 saturated carbocycles. The highest BCUT2D eigenvalue weighted by Crippen LogP contribution is 2.22. The monoisotopic (exact) mass is 201 g/mol. The molecule has 0 amide bonds. The van der Waals surface area contributed by atoms with Gasteiger partial charge in [0.05, 0.1) is 0 Å². The van der Waals surface area contributed by atoms with E-state index in [2.05, 4.69) is 26.1 Å². The van der Waals surface area contributed by atoms with E-state index in [9.17, 15) is 0 Å². The Bertz CT molecular complexity index is 123. The first-order valence-corrected chi connectivity index (χ1v) is 5.94. The molecule has 0 bridgehead atoms. The van der Waals surface area contributed by atoms with Crippen LogP contribution in [0.1, 0.15) is 52.9 Å². The van der Waals surface area contributed by atoms with Crippen molar-refractivity contribution >= 4 is 0 Å². The minimum absolute atomic E-state index is 0.295. The first-order valence-electron chi connectivity index (χ1n) is 5.94. The first-order chi connectivity index (χ1) is 6.62. The highest BCUT2D eigenvalue weighted by atomic mass is 16.3. The lowest BCUT2D eigenvalue weighted by Crippen LogP contribution is -2.30. The Kier molecular flexibility index (Phi) is 8.20. The summed E-state index contributed by atoms with van der Waals surface area (Å²) in [6.07, 6.45) is 6.15. The average Bonchev–Trinajstić information content (AvgIpc) is 2.13. The Labute approximate surface area is 89.1 Å². The summed E-state index contributed by atoms with van der Waals surface area (Å²) in [7, 11) is 0. The van der Waals surface area contributed by atoms with Crippen molar-refractivity contribution < 1.29 is 5.11 Å². The third-order valence-electron chi connectivity index (χ3n) is 2.57. The maximum atomic E-state index is 8.63. The zero-order chi connectivity index (χ0) is 10.9. The molecule has 0 spiro atoms. The van der Waals surface area contributed by atoms with E-state index in [1.54, 1.807) is 0 Å². The van der Waals surface area contributed by atoms with Crippen molar-refractivity contribution in [2.75, 3.05) is 19.7 Å². The molecule has 2 heteroatoms. The van der Waals surface area contributed by atoms with Crippen molar-refractivity contribution in [3.8, 4) is 0 Å². The number of nitrogens with one attached hydrogen (secondary N) is 1. The van der Waals surface area contributed by atoms with Crippen LogP contribution in [0.15, 0.2) is 0 Å². The van der Waals surface area contributed by atoms with Gasteiger partial charge < -0.3 is 10.4 Å². The lowest BCUT2D eigenvalue weighted by Gasteiger charge is -2.25. The van der Waals surface area contributed by atoms with E-state index in [0.29, 0.717) is 12.0 Å². The normalized spacial score (nSPS) is 12.0. The molecule has 0 rings (SSSR count). The molecule has 0 unspecified atom stereocenters. The summed E-state index contributed by atoms with van der Waals surface area (Å²) in [6, 6.07) is 0. The molecule has 0 radical (unpaired) electrons. The predicted molar refractivity (Wildman–Crippen MR) is 62.5 cm³/mol. The van der Waals surface area contributed by atoms with Crippen LogP contribution >= 0.6 is 0 Å². The second-order valence-electron chi connectivity index (χ2n) is 4.88. The molecule has 14 heavy (non-hydrogen) atoms. The molecule has 0 aliphatic rings. The molecule has 0 aliphatic heterocycles. The van der Waals surface area contributed by atoms with Crippen molar-refractivity contribution in [2.45, 2.75) is 52.9 Å². The number of aliphatic hydroxyl groups is 1. The van der Waals surface area contributed by atoms with Gasteiger partial charge >= 0.3 is 0 Å². The van der Waals surface area contributed by atoms with Crippen LogP contribution in [0, 0.1) is 5.41 Å². The summed E-state index contributed by atoms with van der Waals surface area (Å²) in [5, 5.41) is 12.0. The zero-order valence-electron chi connectivity index (χ0n) is 10.1. The van der Waals surface area contributed by atoms with Gasteiger partial charge in [0.25, 0.3) is 0 Å². The highest BCUT2D eigenvalue weighted by molar-refractivity contribution is 4.71. The van der Waals surface area contributed by atoms with Crippen LogP contribution in [0.3, 0.4) is 0 Å². The van der Waals surface area contributed by atoms with Crippen molar-refractivity contribution in [2.24, 2.45) is 5.41 Å². The fraction of sp³-hybridized carbons (Fsp3) is 1.00. The third-order valence-corrected chi connectivity index (χ3v) is 2.57. The molecule has 86 valence electrons. The number of hydrogen-bond acceptors (Lipinski definition) is 2. The predicted octanol–water partition coefficient (Wildman–Crippen LogP) is 2.56. The molecule has 0 saturated heterocycles. The molecule has 0 aromatic heterocycles. The second kappa shape index (κ2) is 8.25. The first kappa shape index (κ1) is 13.9. The summed E-state index contributed by atoms with van der Waals surface area (Å²) < 4.78 is 0. The van der Waals surface area contributed by atoms with Crippen LogP contribution in [-0.2, 0) is 0 Å². The fourth-order valence-electron chi connectivity index (χ4n) is 1.57. The lowest BCUT2D eigenvalue weighted by atomic mass is 9.87. The van der Waals surface area contributed by atoms with Crippen LogP contribution in [0.25, 0.3) is 0 Å². The van der Waals surface area contributed by atoms with Gasteiger partial charge in [0, 0.05) is 13.2 Å². The largest absolute Gasteiger partial charge is 0.396 e. The topological polar surface area (TPSA) is 32.3 Å². The van der Waals surface area contributed by atoms with Gasteiger partial charge in [-0.1, -0.05) is 40.0 Å². The van der Waals surface area contributed by atoms with E-state index in [1.807, 2.05) is 0 Å². The molecule has 0 fully saturated rings. The number of aliphatic hydroxyl groups excluding tert-OH is 1. The molecular weight excluding hydrogens is 174 g/mol. The SMILES string of the molecule is CCCCCC(C)(C)CNCCCO. The molecule has 0 aliphatic carbocycles. The minimum atomic E-state index is 0.295. The van der Waals surface area contributed by atoms with Gasteiger partial charge in [0.1, 0.15) is 0 Å². The Morgan fingerprint density at radius 3 is 2.43 bits per heavy atom. The minimum Gasteiger partial charge on any atom is -0.396 e. The van der Waals surface area contributed by atoms with E-state index in [1.165, 1.54) is 25.7 Å². The van der Waals surface area contributed by atoms with Gasteiger partial charge in [-0.2, -0.15) is 0 Å². The van der Waals surface area contributed by atoms with Crippen LogP contribution in [0.2, 0.25) is 0 Å². The van der Waals surface area contributed by atoms with E-state index in [-0.39, 0.29) is 0 Å². The van der Waals surface area contributed by atoms with Gasteiger partial charge in [-0.3, -0.25) is 0 Å². The second-order valence-corrected chi connectivity index (χ2v) is 4.88. The fourth-order valence-corrected chi connectivity index (χ4v) is 1.57. The maximum absolute atomic E-state index is 8.63. The molecule has 0 heterocycles. The number of rotatable bonds is 9. The van der Waals surface area contributed by atoms with Crippen LogP contribution < -0.4 is 5.32 Å². The maximum Gasteiger partial charge on any atom is 0.0443 e. The van der Waals surface area contributed by atoms with E-state index in [0.717, 1.165) is 19.5 Å². The Morgan fingerprint density at radius 1 is 1.14 bits per heavy atom. The third kappa shape index (κ3) is 8.52. The van der Waals surface area contributed by atoms with Gasteiger partial charge in [-0.15, -0.1) is 0 Å². The Morgan fingerprint density at radius 2 is 1.86 bits per heavy atom. The van der Waals surface area contributed by atoms with Gasteiger partial charge in [0.15, 0.2) is 0 Å². The van der Waals surface area contributed by atoms with Crippen LogP contribution in [0.5, 0.6) is 0 Å². The lowest BCUT2D eigenvalue weighted by molar-refractivity contribution is 0.270. The summed E-state index contributed by atoms with van der Waals surface area (Å²) >= 11 is 0. The van der Waals surface area contributed by atoms with Crippen molar-refractivity contribution in [1.82, 2.24) is 5.32 Å². The van der Waals surface area contributed by atoms with Crippen molar-refractivity contribution in [1.29, 1.82) is 0 Å². The molecule has 2 N–H and O–H groups in total. The van der Waals surface area contributed by atoms with E-state index in [4.69, 9.17) is 5.11 Å². The zero-order valence-corrected chi connectivity index (χ0v) is 10.1. The standard InChI is InChI=1S/C12H27NO/c1-4-5-6-8-12(2,3)11-13-9-7-10-14/h13-14H,4-11H2,1-3H3. The molecule has 2 nitrogen and oxygen atoms in total. The molecule has 0 atom stereocenters.